The predicted octanol–water partition coefficient (Wildman–Crippen LogP) is 5.29. The predicted molar refractivity (Wildman–Crippen MR) is 111 cm³/mol. The van der Waals surface area contributed by atoms with Gasteiger partial charge in [-0.2, -0.15) is 0 Å². The fraction of sp³-hybridized carbons (Fsp3) is 0.500. The first kappa shape index (κ1) is 21.4. The van der Waals surface area contributed by atoms with Crippen molar-refractivity contribution in [3.63, 3.8) is 0 Å². The molecule has 2 N–H and O–H groups in total. The highest BCUT2D eigenvalue weighted by molar-refractivity contribution is 5.29. The smallest absolute Gasteiger partial charge is 0.123 e. The molecule has 0 heterocycles. The first-order chi connectivity index (χ1) is 12.9. The number of hydrogen-bond donors (Lipinski definition) is 1. The molecule has 2 nitrogen and oxygen atoms in total. The van der Waals surface area contributed by atoms with Gasteiger partial charge in [-0.25, -0.2) is 4.39 Å². The Morgan fingerprint density at radius 1 is 0.852 bits per heavy atom. The summed E-state index contributed by atoms with van der Waals surface area (Å²) in [5.41, 5.74) is 2.58. The molecule has 0 aromatic heterocycles. The van der Waals surface area contributed by atoms with E-state index in [2.05, 4.69) is 57.3 Å². The van der Waals surface area contributed by atoms with Crippen LogP contribution in [0.1, 0.15) is 64.0 Å². The maximum atomic E-state index is 13.0. The molecule has 3 heteroatoms. The third-order valence-electron chi connectivity index (χ3n) is 4.83. The monoisotopic (exact) mass is 372 g/mol. The van der Waals surface area contributed by atoms with Crippen LogP contribution >= 0.6 is 0 Å². The molecule has 0 aliphatic heterocycles. The fourth-order valence-electron chi connectivity index (χ4n) is 3.31. The van der Waals surface area contributed by atoms with E-state index < -0.39 is 0 Å². The minimum Gasteiger partial charge on any atom is -0.491 e. The van der Waals surface area contributed by atoms with Gasteiger partial charge in [-0.05, 0) is 61.9 Å². The molecule has 0 unspecified atom stereocenters. The average molecular weight is 373 g/mol. The second-order valence-corrected chi connectivity index (χ2v) is 8.10. The topological polar surface area (TPSA) is 25.8 Å². The van der Waals surface area contributed by atoms with Gasteiger partial charge in [0.2, 0.25) is 0 Å². The number of halogens is 1. The van der Waals surface area contributed by atoms with Crippen LogP contribution in [0.2, 0.25) is 0 Å². The van der Waals surface area contributed by atoms with Gasteiger partial charge in [0.05, 0.1) is 12.6 Å². The lowest BCUT2D eigenvalue weighted by Gasteiger charge is -2.19. The number of nitrogens with two attached hydrogens (primary N) is 1. The van der Waals surface area contributed by atoms with Gasteiger partial charge < -0.3 is 10.1 Å². The fourth-order valence-corrected chi connectivity index (χ4v) is 3.31. The van der Waals surface area contributed by atoms with Gasteiger partial charge in [-0.15, -0.1) is 0 Å². The Kier molecular flexibility index (Phi) is 8.80. The highest BCUT2D eigenvalue weighted by Gasteiger charge is 2.14. The summed E-state index contributed by atoms with van der Waals surface area (Å²) in [4.78, 5) is 0. The zero-order valence-corrected chi connectivity index (χ0v) is 17.2. The van der Waals surface area contributed by atoms with Crippen molar-refractivity contribution in [2.45, 2.75) is 65.5 Å². The van der Waals surface area contributed by atoms with Gasteiger partial charge >= 0.3 is 0 Å². The molecule has 1 atom stereocenters. The van der Waals surface area contributed by atoms with Crippen LogP contribution in [0, 0.1) is 11.7 Å². The second-order valence-electron chi connectivity index (χ2n) is 8.10. The van der Waals surface area contributed by atoms with Crippen molar-refractivity contribution in [1.82, 2.24) is 0 Å². The zero-order valence-electron chi connectivity index (χ0n) is 17.2. The molecular weight excluding hydrogens is 337 g/mol. The van der Waals surface area contributed by atoms with Crippen LogP contribution in [-0.2, 0) is 6.54 Å². The van der Waals surface area contributed by atoms with E-state index in [1.807, 2.05) is 12.1 Å². The normalized spacial score (nSPS) is 12.6. The number of ether oxygens (including phenoxy) is 1. The Morgan fingerprint density at radius 2 is 1.52 bits per heavy atom. The van der Waals surface area contributed by atoms with Gasteiger partial charge in [0.15, 0.2) is 0 Å². The van der Waals surface area contributed by atoms with Crippen molar-refractivity contribution in [2.75, 3.05) is 6.54 Å². The summed E-state index contributed by atoms with van der Waals surface area (Å²) in [7, 11) is 0. The highest BCUT2D eigenvalue weighted by atomic mass is 19.1. The van der Waals surface area contributed by atoms with E-state index in [4.69, 9.17) is 4.74 Å². The Bertz CT molecular complexity index is 649. The maximum absolute atomic E-state index is 13.0. The molecule has 0 fully saturated rings. The summed E-state index contributed by atoms with van der Waals surface area (Å²) in [5, 5.41) is 2.33. The van der Waals surface area contributed by atoms with E-state index in [0.29, 0.717) is 5.92 Å². The van der Waals surface area contributed by atoms with Crippen molar-refractivity contribution in [3.8, 4) is 5.75 Å². The molecule has 2 aromatic carbocycles. The van der Waals surface area contributed by atoms with E-state index >= 15 is 0 Å². The van der Waals surface area contributed by atoms with Gasteiger partial charge in [-0.1, -0.05) is 44.5 Å². The average Bonchev–Trinajstić information content (AvgIpc) is 2.63. The number of quaternary nitrogens is 1. The van der Waals surface area contributed by atoms with Crippen molar-refractivity contribution < 1.29 is 14.4 Å². The Morgan fingerprint density at radius 3 is 2.11 bits per heavy atom. The highest BCUT2D eigenvalue weighted by Crippen LogP contribution is 2.28. The third-order valence-corrected chi connectivity index (χ3v) is 4.83. The van der Waals surface area contributed by atoms with E-state index in [9.17, 15) is 4.39 Å². The summed E-state index contributed by atoms with van der Waals surface area (Å²) >= 11 is 0. The minimum absolute atomic E-state index is 0.169. The van der Waals surface area contributed by atoms with E-state index in [1.165, 1.54) is 36.1 Å². The van der Waals surface area contributed by atoms with Crippen LogP contribution in [0.5, 0.6) is 5.75 Å². The van der Waals surface area contributed by atoms with Crippen molar-refractivity contribution in [1.29, 1.82) is 0 Å². The van der Waals surface area contributed by atoms with Crippen LogP contribution in [0.25, 0.3) is 0 Å². The molecule has 0 amide bonds. The van der Waals surface area contributed by atoms with E-state index in [0.717, 1.165) is 31.2 Å². The van der Waals surface area contributed by atoms with Crippen LogP contribution in [0.4, 0.5) is 4.39 Å². The molecule has 2 rings (SSSR count). The van der Waals surface area contributed by atoms with Crippen LogP contribution < -0.4 is 10.1 Å². The third kappa shape index (κ3) is 8.13. The van der Waals surface area contributed by atoms with Gasteiger partial charge in [-0.3, -0.25) is 0 Å². The molecule has 2 aromatic rings. The lowest BCUT2D eigenvalue weighted by atomic mass is 9.88. The van der Waals surface area contributed by atoms with Crippen molar-refractivity contribution >= 4 is 0 Å². The Labute approximate surface area is 164 Å². The maximum Gasteiger partial charge on any atom is 0.123 e. The first-order valence-corrected chi connectivity index (χ1v) is 10.3. The molecule has 27 heavy (non-hydrogen) atoms. The first-order valence-electron chi connectivity index (χ1n) is 10.3. The Balaban J connectivity index is 1.89. The van der Waals surface area contributed by atoms with Crippen LogP contribution in [0.3, 0.4) is 0 Å². The molecule has 0 saturated heterocycles. The summed E-state index contributed by atoms with van der Waals surface area (Å²) in [6, 6.07) is 15.5. The van der Waals surface area contributed by atoms with Gasteiger partial charge in [0.1, 0.15) is 18.1 Å². The molecule has 0 radical (unpaired) electrons. The van der Waals surface area contributed by atoms with Crippen molar-refractivity contribution in [3.05, 3.63) is 65.5 Å². The molecule has 0 aliphatic carbocycles. The lowest BCUT2D eigenvalue weighted by molar-refractivity contribution is -0.671. The van der Waals surface area contributed by atoms with E-state index in [1.54, 1.807) is 0 Å². The summed E-state index contributed by atoms with van der Waals surface area (Å²) in [5.74, 6) is 2.07. The zero-order chi connectivity index (χ0) is 19.6. The molecule has 0 spiro atoms. The van der Waals surface area contributed by atoms with Crippen LogP contribution in [-0.4, -0.2) is 12.6 Å². The molecule has 0 aliphatic rings. The molecule has 0 bridgehead atoms. The second kappa shape index (κ2) is 11.1. The molecule has 148 valence electrons. The quantitative estimate of drug-likeness (QED) is 0.533. The van der Waals surface area contributed by atoms with E-state index in [-0.39, 0.29) is 11.9 Å². The van der Waals surface area contributed by atoms with Crippen LogP contribution in [0.15, 0.2) is 48.5 Å². The summed E-state index contributed by atoms with van der Waals surface area (Å²) < 4.78 is 18.8. The van der Waals surface area contributed by atoms with Crippen molar-refractivity contribution in [2.24, 2.45) is 5.92 Å². The number of hydrogen-bond acceptors (Lipinski definition) is 1. The summed E-state index contributed by atoms with van der Waals surface area (Å²) in [6.07, 6.45) is 3.81. The Hall–Kier alpha value is -1.87. The number of benzene rings is 2. The number of rotatable bonds is 11. The molecule has 0 saturated carbocycles. The largest absolute Gasteiger partial charge is 0.491 e. The SMILES string of the molecule is CC(C)CC[C@H](CC[NH2+]Cc1ccc(F)cc1)c1ccc(OC(C)C)cc1. The van der Waals surface area contributed by atoms with Gasteiger partial charge in [0, 0.05) is 12.0 Å². The minimum atomic E-state index is -0.169. The molecular formula is C24H35FNO+. The standard InChI is InChI=1S/C24H34FNO/c1-18(2)5-8-22(21-9-13-24(14-10-21)27-19(3)4)15-16-26-17-20-6-11-23(25)12-7-20/h6-7,9-14,18-19,22,26H,5,8,15-17H2,1-4H3/p+1/t22-/m1/s1. The van der Waals surface area contributed by atoms with Gasteiger partial charge in [0.25, 0.3) is 0 Å². The summed E-state index contributed by atoms with van der Waals surface area (Å²) in [6.45, 7) is 10.7. The lowest BCUT2D eigenvalue weighted by Crippen LogP contribution is -2.82.